The maximum absolute atomic E-state index is 9.88. The summed E-state index contributed by atoms with van der Waals surface area (Å²) in [6.45, 7) is 2.28. The van der Waals surface area contributed by atoms with Crippen molar-refractivity contribution in [2.45, 2.75) is 25.0 Å². The Morgan fingerprint density at radius 3 is 3.00 bits per heavy atom. The van der Waals surface area contributed by atoms with Crippen molar-refractivity contribution < 1.29 is 14.6 Å². The third-order valence-electron chi connectivity index (χ3n) is 3.27. The van der Waals surface area contributed by atoms with Gasteiger partial charge in [-0.3, -0.25) is 0 Å². The monoisotopic (exact) mass is 276 g/mol. The fourth-order valence-electron chi connectivity index (χ4n) is 2.11. The van der Waals surface area contributed by atoms with Crippen LogP contribution in [0.3, 0.4) is 0 Å². The van der Waals surface area contributed by atoms with Crippen molar-refractivity contribution in [3.8, 4) is 11.8 Å². The van der Waals surface area contributed by atoms with Gasteiger partial charge in [-0.25, -0.2) is 0 Å². The summed E-state index contributed by atoms with van der Waals surface area (Å²) in [7, 11) is 0. The first-order valence-corrected chi connectivity index (χ1v) is 6.90. The van der Waals surface area contributed by atoms with Gasteiger partial charge in [0.1, 0.15) is 18.5 Å². The molecule has 0 aromatic heterocycles. The van der Waals surface area contributed by atoms with Crippen molar-refractivity contribution in [2.75, 3.05) is 26.4 Å². The third-order valence-corrected chi connectivity index (χ3v) is 3.27. The van der Waals surface area contributed by atoms with Crippen LogP contribution >= 0.6 is 0 Å². The number of hydrogen-bond donors (Lipinski definition) is 2. The van der Waals surface area contributed by atoms with E-state index in [2.05, 4.69) is 11.4 Å². The average Bonchev–Trinajstić information content (AvgIpc) is 2.52. The van der Waals surface area contributed by atoms with Crippen LogP contribution < -0.4 is 10.1 Å². The second kappa shape index (κ2) is 7.85. The van der Waals surface area contributed by atoms with Gasteiger partial charge in [-0.05, 0) is 31.0 Å². The maximum Gasteiger partial charge on any atom is 0.120 e. The lowest BCUT2D eigenvalue weighted by molar-refractivity contribution is 0.0655. The number of aliphatic hydroxyl groups excluding tert-OH is 1. The minimum atomic E-state index is -0.566. The zero-order chi connectivity index (χ0) is 14.2. The quantitative estimate of drug-likeness (QED) is 0.813. The molecule has 2 N–H and O–H groups in total. The van der Waals surface area contributed by atoms with Gasteiger partial charge in [0.2, 0.25) is 0 Å². The molecule has 0 aliphatic carbocycles. The van der Waals surface area contributed by atoms with E-state index in [1.807, 2.05) is 0 Å². The van der Waals surface area contributed by atoms with Crippen LogP contribution in [-0.2, 0) is 4.74 Å². The Kier molecular flexibility index (Phi) is 5.81. The van der Waals surface area contributed by atoms with Gasteiger partial charge < -0.3 is 19.9 Å². The van der Waals surface area contributed by atoms with Crippen molar-refractivity contribution in [1.29, 1.82) is 5.26 Å². The van der Waals surface area contributed by atoms with E-state index < -0.39 is 6.10 Å². The Bertz CT molecular complexity index is 453. The summed E-state index contributed by atoms with van der Waals surface area (Å²) < 4.78 is 10.8. The predicted octanol–water partition coefficient (Wildman–Crippen LogP) is 1.07. The first kappa shape index (κ1) is 14.8. The van der Waals surface area contributed by atoms with Crippen LogP contribution in [0.1, 0.15) is 18.4 Å². The lowest BCUT2D eigenvalue weighted by Crippen LogP contribution is -2.40. The molecule has 2 rings (SSSR count). The summed E-state index contributed by atoms with van der Waals surface area (Å²) in [5.74, 6) is 0.606. The highest BCUT2D eigenvalue weighted by atomic mass is 16.5. The summed E-state index contributed by atoms with van der Waals surface area (Å²) in [4.78, 5) is 0. The van der Waals surface area contributed by atoms with Crippen LogP contribution in [0, 0.1) is 11.3 Å². The largest absolute Gasteiger partial charge is 0.491 e. The molecule has 0 saturated carbocycles. The molecule has 5 nitrogen and oxygen atoms in total. The number of nitrogens with zero attached hydrogens (tertiary/aromatic N) is 1. The second-order valence-electron chi connectivity index (χ2n) is 4.90. The number of aliphatic hydroxyl groups is 1. The zero-order valence-corrected chi connectivity index (χ0v) is 11.4. The Balaban J connectivity index is 1.68. The summed E-state index contributed by atoms with van der Waals surface area (Å²) >= 11 is 0. The molecule has 1 aliphatic heterocycles. The first-order valence-electron chi connectivity index (χ1n) is 6.90. The molecule has 1 aliphatic rings. The summed E-state index contributed by atoms with van der Waals surface area (Å²) in [5, 5.41) is 22.0. The third kappa shape index (κ3) is 4.82. The standard InChI is InChI=1S/C15H20N2O3/c16-9-12-2-1-3-15(8-12)20-11-14(18)10-17-13-4-6-19-7-5-13/h1-3,8,13-14,17-18H,4-7,10-11H2. The fraction of sp³-hybridized carbons (Fsp3) is 0.533. The number of rotatable bonds is 6. The van der Waals surface area contributed by atoms with Crippen LogP contribution in [0.2, 0.25) is 0 Å². The van der Waals surface area contributed by atoms with Gasteiger partial charge in [-0.1, -0.05) is 6.07 Å². The van der Waals surface area contributed by atoms with E-state index in [4.69, 9.17) is 14.7 Å². The molecular weight excluding hydrogens is 256 g/mol. The van der Waals surface area contributed by atoms with Crippen LogP contribution in [0.5, 0.6) is 5.75 Å². The van der Waals surface area contributed by atoms with E-state index in [0.29, 0.717) is 23.9 Å². The molecule has 1 aromatic carbocycles. The Morgan fingerprint density at radius 2 is 2.25 bits per heavy atom. The first-order chi connectivity index (χ1) is 9.78. The van der Waals surface area contributed by atoms with Gasteiger partial charge in [0.25, 0.3) is 0 Å². The van der Waals surface area contributed by atoms with Gasteiger partial charge in [0.15, 0.2) is 0 Å². The van der Waals surface area contributed by atoms with Crippen LogP contribution in [-0.4, -0.2) is 43.6 Å². The number of nitrogens with one attached hydrogen (secondary N) is 1. The van der Waals surface area contributed by atoms with Crippen molar-refractivity contribution in [1.82, 2.24) is 5.32 Å². The molecule has 1 heterocycles. The van der Waals surface area contributed by atoms with Gasteiger partial charge in [-0.15, -0.1) is 0 Å². The lowest BCUT2D eigenvalue weighted by atomic mass is 10.1. The van der Waals surface area contributed by atoms with E-state index in [0.717, 1.165) is 26.1 Å². The predicted molar refractivity (Wildman–Crippen MR) is 74.5 cm³/mol. The van der Waals surface area contributed by atoms with E-state index in [9.17, 15) is 5.11 Å². The maximum atomic E-state index is 9.88. The zero-order valence-electron chi connectivity index (χ0n) is 11.4. The summed E-state index contributed by atoms with van der Waals surface area (Å²) in [6, 6.07) is 9.40. The number of benzene rings is 1. The molecule has 5 heteroatoms. The van der Waals surface area contributed by atoms with Crippen molar-refractivity contribution >= 4 is 0 Å². The number of ether oxygens (including phenoxy) is 2. The molecule has 0 radical (unpaired) electrons. The molecule has 1 saturated heterocycles. The molecule has 1 atom stereocenters. The van der Waals surface area contributed by atoms with Gasteiger partial charge >= 0.3 is 0 Å². The number of hydrogen-bond acceptors (Lipinski definition) is 5. The minimum Gasteiger partial charge on any atom is -0.491 e. The molecule has 0 spiro atoms. The SMILES string of the molecule is N#Cc1cccc(OCC(O)CNC2CCOCC2)c1. The van der Waals surface area contributed by atoms with Gasteiger partial charge in [0.05, 0.1) is 11.6 Å². The van der Waals surface area contributed by atoms with E-state index in [1.165, 1.54) is 0 Å². The van der Waals surface area contributed by atoms with E-state index in [-0.39, 0.29) is 6.61 Å². The highest BCUT2D eigenvalue weighted by Gasteiger charge is 2.14. The molecular formula is C15H20N2O3. The smallest absolute Gasteiger partial charge is 0.120 e. The van der Waals surface area contributed by atoms with Gasteiger partial charge in [-0.2, -0.15) is 5.26 Å². The van der Waals surface area contributed by atoms with Crippen LogP contribution in [0.4, 0.5) is 0 Å². The van der Waals surface area contributed by atoms with E-state index >= 15 is 0 Å². The van der Waals surface area contributed by atoms with Crippen LogP contribution in [0.15, 0.2) is 24.3 Å². The summed E-state index contributed by atoms with van der Waals surface area (Å²) in [6.07, 6.45) is 1.40. The Morgan fingerprint density at radius 1 is 1.45 bits per heavy atom. The lowest BCUT2D eigenvalue weighted by Gasteiger charge is -2.24. The minimum absolute atomic E-state index is 0.213. The topological polar surface area (TPSA) is 74.5 Å². The number of nitriles is 1. The van der Waals surface area contributed by atoms with Crippen molar-refractivity contribution in [3.05, 3.63) is 29.8 Å². The van der Waals surface area contributed by atoms with Crippen molar-refractivity contribution in [2.24, 2.45) is 0 Å². The Hall–Kier alpha value is -1.61. The molecule has 108 valence electrons. The molecule has 0 amide bonds. The molecule has 0 bridgehead atoms. The molecule has 1 fully saturated rings. The normalized spacial score (nSPS) is 17.4. The molecule has 1 unspecified atom stereocenters. The fourth-order valence-corrected chi connectivity index (χ4v) is 2.11. The average molecular weight is 276 g/mol. The summed E-state index contributed by atoms with van der Waals surface area (Å²) in [5.41, 5.74) is 0.553. The van der Waals surface area contributed by atoms with Gasteiger partial charge in [0, 0.05) is 25.8 Å². The molecule has 20 heavy (non-hydrogen) atoms. The van der Waals surface area contributed by atoms with Crippen molar-refractivity contribution in [3.63, 3.8) is 0 Å². The second-order valence-corrected chi connectivity index (χ2v) is 4.90. The van der Waals surface area contributed by atoms with E-state index in [1.54, 1.807) is 24.3 Å². The molecule has 1 aromatic rings. The highest BCUT2D eigenvalue weighted by molar-refractivity contribution is 5.36. The Labute approximate surface area is 119 Å². The van der Waals surface area contributed by atoms with Crippen LogP contribution in [0.25, 0.3) is 0 Å². The highest BCUT2D eigenvalue weighted by Crippen LogP contribution is 2.12.